The Kier molecular flexibility index (Phi) is 8.30. The zero-order chi connectivity index (χ0) is 30.8. The average Bonchev–Trinajstić information content (AvgIpc) is 3.80. The van der Waals surface area contributed by atoms with Crippen LogP contribution in [0.25, 0.3) is 5.69 Å². The van der Waals surface area contributed by atoms with E-state index in [0.29, 0.717) is 33.0 Å². The van der Waals surface area contributed by atoms with Gasteiger partial charge in [-0.3, -0.25) is 0 Å². The van der Waals surface area contributed by atoms with Crippen LogP contribution in [0.3, 0.4) is 0 Å². The molecule has 3 atom stereocenters. The van der Waals surface area contributed by atoms with Crippen LogP contribution in [0.5, 0.6) is 5.75 Å². The highest BCUT2D eigenvalue weighted by molar-refractivity contribution is 5.54. The Labute approximate surface area is 261 Å². The number of hydrogen-bond donors (Lipinski definition) is 0. The van der Waals surface area contributed by atoms with E-state index in [0.717, 1.165) is 49.7 Å². The summed E-state index contributed by atoms with van der Waals surface area (Å²) in [6.45, 7) is 10.2. The fraction of sp³-hybridized carbons (Fsp3) is 0.500. The molecular formula is C32H40N8O5. The molecule has 3 aliphatic rings. The molecule has 4 aromatic rings. The summed E-state index contributed by atoms with van der Waals surface area (Å²) in [4.78, 5) is 19.1. The number of rotatable bonds is 11. The Bertz CT molecular complexity index is 1590. The summed E-state index contributed by atoms with van der Waals surface area (Å²) >= 11 is 0. The van der Waals surface area contributed by atoms with Crippen molar-refractivity contribution in [1.29, 1.82) is 0 Å². The summed E-state index contributed by atoms with van der Waals surface area (Å²) in [6, 6.07) is 16.5. The van der Waals surface area contributed by atoms with E-state index in [9.17, 15) is 4.79 Å². The second-order valence-electron chi connectivity index (χ2n) is 11.9. The highest BCUT2D eigenvalue weighted by atomic mass is 16.8. The van der Waals surface area contributed by atoms with Crippen molar-refractivity contribution in [3.63, 3.8) is 0 Å². The Morgan fingerprint density at radius 3 is 2.11 bits per heavy atom. The van der Waals surface area contributed by atoms with Crippen molar-refractivity contribution >= 4 is 11.4 Å². The zero-order valence-corrected chi connectivity index (χ0v) is 25.8. The van der Waals surface area contributed by atoms with Crippen LogP contribution in [0, 0.1) is 5.92 Å². The van der Waals surface area contributed by atoms with Gasteiger partial charge in [0.05, 0.1) is 49.9 Å². The molecule has 3 fully saturated rings. The molecule has 0 saturated carbocycles. The molecule has 238 valence electrons. The number of hydrogen-bond acceptors (Lipinski definition) is 10. The van der Waals surface area contributed by atoms with E-state index in [1.54, 1.807) is 32.8 Å². The van der Waals surface area contributed by atoms with Gasteiger partial charge < -0.3 is 28.7 Å². The van der Waals surface area contributed by atoms with E-state index < -0.39 is 5.79 Å². The Morgan fingerprint density at radius 2 is 1.51 bits per heavy atom. The van der Waals surface area contributed by atoms with Crippen molar-refractivity contribution in [2.24, 2.45) is 5.92 Å². The first kappa shape index (κ1) is 29.5. The SMILES string of the molecule is CCC(C)n1ncn(-c2ccc(N3CCN(c4ccc(OC[C@@H]5CO[C@@](Cn6nccn6)(C6COC6)O5)cc4)CC3)cc2)c1=O. The molecule has 0 amide bonds. The largest absolute Gasteiger partial charge is 0.491 e. The van der Waals surface area contributed by atoms with Gasteiger partial charge in [-0.05, 0) is 61.9 Å². The lowest BCUT2D eigenvalue weighted by atomic mass is 9.96. The molecule has 1 unspecified atom stereocenters. The van der Waals surface area contributed by atoms with Crippen molar-refractivity contribution < 1.29 is 18.9 Å². The van der Waals surface area contributed by atoms with Gasteiger partial charge >= 0.3 is 5.69 Å². The van der Waals surface area contributed by atoms with Gasteiger partial charge in [-0.1, -0.05) is 6.92 Å². The van der Waals surface area contributed by atoms with E-state index in [2.05, 4.69) is 56.3 Å². The third-order valence-corrected chi connectivity index (χ3v) is 9.08. The van der Waals surface area contributed by atoms with Crippen LogP contribution in [0.2, 0.25) is 0 Å². The second kappa shape index (κ2) is 12.7. The number of nitrogens with zero attached hydrogens (tertiary/aromatic N) is 8. The van der Waals surface area contributed by atoms with Crippen molar-refractivity contribution in [2.75, 3.05) is 62.4 Å². The van der Waals surface area contributed by atoms with E-state index >= 15 is 0 Å². The quantitative estimate of drug-likeness (QED) is 0.249. The molecule has 3 aliphatic heterocycles. The fourth-order valence-corrected chi connectivity index (χ4v) is 6.06. The first-order chi connectivity index (χ1) is 22.0. The monoisotopic (exact) mass is 616 g/mol. The Morgan fingerprint density at radius 1 is 0.889 bits per heavy atom. The molecule has 13 nitrogen and oxygen atoms in total. The minimum atomic E-state index is -0.796. The van der Waals surface area contributed by atoms with E-state index in [-0.39, 0.29) is 23.8 Å². The molecule has 0 spiro atoms. The predicted octanol–water partition coefficient (Wildman–Crippen LogP) is 2.76. The van der Waals surface area contributed by atoms with Crippen LogP contribution in [-0.2, 0) is 20.8 Å². The van der Waals surface area contributed by atoms with Crippen molar-refractivity contribution in [2.45, 2.75) is 44.7 Å². The molecule has 3 saturated heterocycles. The smallest absolute Gasteiger partial charge is 0.350 e. The van der Waals surface area contributed by atoms with Gasteiger partial charge in [0.25, 0.3) is 0 Å². The molecule has 0 aliphatic carbocycles. The summed E-state index contributed by atoms with van der Waals surface area (Å²) in [6.07, 6.45) is 5.58. The van der Waals surface area contributed by atoms with Crippen LogP contribution in [0.1, 0.15) is 26.3 Å². The lowest BCUT2D eigenvalue weighted by Crippen LogP contribution is -2.53. The van der Waals surface area contributed by atoms with Crippen LogP contribution in [0.15, 0.2) is 72.0 Å². The molecule has 5 heterocycles. The standard InChI is InChI=1S/C32H40N8O5/c1-3-24(2)40-31(41)38(23-35-40)28-6-4-26(5-7-28)36-14-16-37(17-15-36)27-8-10-29(11-9-27)43-20-30-21-44-32(45-30,25-18-42-19-25)22-39-33-12-13-34-39/h4-13,23-25,30H,3,14-22H2,1-2H3/t24?,30-,32-/m1/s1. The normalized spacial score (nSPS) is 22.8. The number of piperazine rings is 1. The maximum absolute atomic E-state index is 12.8. The summed E-state index contributed by atoms with van der Waals surface area (Å²) in [5, 5.41) is 12.8. The molecular weight excluding hydrogens is 576 g/mol. The van der Waals surface area contributed by atoms with E-state index in [1.807, 2.05) is 31.2 Å². The molecule has 2 aromatic heterocycles. The topological polar surface area (TPSA) is 114 Å². The zero-order valence-electron chi connectivity index (χ0n) is 25.8. The Hall–Kier alpha value is -4.20. The van der Waals surface area contributed by atoms with Crippen molar-refractivity contribution in [1.82, 2.24) is 29.3 Å². The average molecular weight is 617 g/mol. The lowest BCUT2D eigenvalue weighted by molar-refractivity contribution is -0.268. The summed E-state index contributed by atoms with van der Waals surface area (Å²) in [7, 11) is 0. The maximum atomic E-state index is 12.8. The summed E-state index contributed by atoms with van der Waals surface area (Å²) < 4.78 is 27.3. The molecule has 0 radical (unpaired) electrons. The summed E-state index contributed by atoms with van der Waals surface area (Å²) in [5.41, 5.74) is 3.04. The fourth-order valence-electron chi connectivity index (χ4n) is 6.06. The van der Waals surface area contributed by atoms with Gasteiger partial charge in [-0.25, -0.2) is 14.0 Å². The van der Waals surface area contributed by atoms with Gasteiger partial charge in [0.15, 0.2) is 5.79 Å². The number of ether oxygens (including phenoxy) is 4. The highest BCUT2D eigenvalue weighted by Crippen LogP contribution is 2.37. The van der Waals surface area contributed by atoms with Gasteiger partial charge in [-0.2, -0.15) is 20.1 Å². The lowest BCUT2D eigenvalue weighted by Gasteiger charge is -2.40. The van der Waals surface area contributed by atoms with Gasteiger partial charge in [-0.15, -0.1) is 0 Å². The van der Waals surface area contributed by atoms with Crippen LogP contribution < -0.4 is 20.2 Å². The third-order valence-electron chi connectivity index (χ3n) is 9.08. The van der Waals surface area contributed by atoms with Crippen LogP contribution >= 0.6 is 0 Å². The number of benzene rings is 2. The second-order valence-corrected chi connectivity index (χ2v) is 11.9. The predicted molar refractivity (Wildman–Crippen MR) is 167 cm³/mol. The first-order valence-corrected chi connectivity index (χ1v) is 15.7. The minimum absolute atomic E-state index is 0.0743. The molecule has 7 rings (SSSR count). The van der Waals surface area contributed by atoms with Crippen molar-refractivity contribution in [3.8, 4) is 11.4 Å². The minimum Gasteiger partial charge on any atom is -0.491 e. The van der Waals surface area contributed by atoms with E-state index in [4.69, 9.17) is 18.9 Å². The maximum Gasteiger partial charge on any atom is 0.350 e. The van der Waals surface area contributed by atoms with Gasteiger partial charge in [0, 0.05) is 37.6 Å². The third kappa shape index (κ3) is 6.07. The number of anilines is 2. The van der Waals surface area contributed by atoms with E-state index in [1.165, 1.54) is 5.69 Å². The molecule has 0 N–H and O–H groups in total. The molecule has 0 bridgehead atoms. The highest BCUT2D eigenvalue weighted by Gasteiger charge is 2.52. The van der Waals surface area contributed by atoms with Crippen LogP contribution in [0.4, 0.5) is 11.4 Å². The van der Waals surface area contributed by atoms with Gasteiger partial charge in [0.2, 0.25) is 0 Å². The molecule has 45 heavy (non-hydrogen) atoms. The van der Waals surface area contributed by atoms with Gasteiger partial charge in [0.1, 0.15) is 31.3 Å². The number of aromatic nitrogens is 6. The van der Waals surface area contributed by atoms with Crippen molar-refractivity contribution in [3.05, 3.63) is 77.7 Å². The first-order valence-electron chi connectivity index (χ1n) is 15.7. The van der Waals surface area contributed by atoms with Crippen LogP contribution in [-0.4, -0.2) is 93.8 Å². The summed E-state index contributed by atoms with van der Waals surface area (Å²) in [5.74, 6) is 0.146. The molecule has 2 aromatic carbocycles. The Balaban J connectivity index is 0.897. The molecule has 13 heteroatoms.